The fourth-order valence-corrected chi connectivity index (χ4v) is 1.72. The molecule has 0 saturated heterocycles. The lowest BCUT2D eigenvalue weighted by Gasteiger charge is -2.09. The number of nitrogens with one attached hydrogen (secondary N) is 1. The smallest absolute Gasteiger partial charge is 0.322 e. The van der Waals surface area contributed by atoms with E-state index < -0.39 is 23.1 Å². The molecule has 0 unspecified atom stereocenters. The number of hydrogen-bond donors (Lipinski definition) is 1. The molecular weight excluding hydrogens is 286 g/mol. The first kappa shape index (κ1) is 13.6. The van der Waals surface area contributed by atoms with E-state index in [4.69, 9.17) is 11.6 Å². The van der Waals surface area contributed by atoms with E-state index in [0.717, 1.165) is 6.07 Å². The van der Waals surface area contributed by atoms with Crippen LogP contribution in [0.1, 0.15) is 5.56 Å². The number of aromatic amines is 1. The highest BCUT2D eigenvalue weighted by Gasteiger charge is 2.31. The summed E-state index contributed by atoms with van der Waals surface area (Å²) in [5, 5.41) is 0.107. The number of benzene rings is 1. The Kier molecular flexibility index (Phi) is 3.36. The number of aromatic nitrogens is 1. The van der Waals surface area contributed by atoms with Crippen LogP contribution in [0.15, 0.2) is 35.1 Å². The highest BCUT2D eigenvalue weighted by molar-refractivity contribution is 6.30. The third-order valence-electron chi connectivity index (χ3n) is 2.39. The lowest BCUT2D eigenvalue weighted by Crippen LogP contribution is -2.14. The van der Waals surface area contributed by atoms with E-state index in [1.807, 2.05) is 0 Å². The van der Waals surface area contributed by atoms with Gasteiger partial charge in [-0.3, -0.25) is 4.79 Å². The molecule has 0 aliphatic heterocycles. The molecule has 1 N–H and O–H groups in total. The molecule has 0 amide bonds. The molecule has 0 atom stereocenters. The molecule has 0 bridgehead atoms. The normalized spacial score (nSPS) is 11.6. The number of alkyl halides is 3. The lowest BCUT2D eigenvalue weighted by atomic mass is 10.1. The van der Waals surface area contributed by atoms with E-state index in [-0.39, 0.29) is 16.3 Å². The first-order chi connectivity index (χ1) is 8.77. The second-order valence-corrected chi connectivity index (χ2v) is 4.21. The third-order valence-corrected chi connectivity index (χ3v) is 2.63. The average molecular weight is 292 g/mol. The molecule has 7 heteroatoms. The van der Waals surface area contributed by atoms with Crippen LogP contribution in [0.4, 0.5) is 17.6 Å². The van der Waals surface area contributed by atoms with Gasteiger partial charge in [-0.25, -0.2) is 4.39 Å². The van der Waals surface area contributed by atoms with Crippen molar-refractivity contribution in [1.82, 2.24) is 4.98 Å². The van der Waals surface area contributed by atoms with Crippen LogP contribution in [0.2, 0.25) is 5.02 Å². The highest BCUT2D eigenvalue weighted by atomic mass is 35.5. The van der Waals surface area contributed by atoms with Gasteiger partial charge in [0.05, 0.1) is 11.3 Å². The largest absolute Gasteiger partial charge is 0.416 e. The van der Waals surface area contributed by atoms with E-state index in [0.29, 0.717) is 12.1 Å². The Hall–Kier alpha value is -1.82. The van der Waals surface area contributed by atoms with Crippen molar-refractivity contribution in [3.8, 4) is 11.3 Å². The fourth-order valence-electron chi connectivity index (χ4n) is 1.56. The Balaban J connectivity index is 2.63. The van der Waals surface area contributed by atoms with Crippen LogP contribution >= 0.6 is 11.6 Å². The highest BCUT2D eigenvalue weighted by Crippen LogP contribution is 2.31. The van der Waals surface area contributed by atoms with Crippen LogP contribution in [0.25, 0.3) is 11.3 Å². The Morgan fingerprint density at radius 3 is 2.37 bits per heavy atom. The van der Waals surface area contributed by atoms with Gasteiger partial charge in [-0.15, -0.1) is 0 Å². The van der Waals surface area contributed by atoms with Crippen LogP contribution in [0, 0.1) is 5.82 Å². The zero-order valence-corrected chi connectivity index (χ0v) is 9.94. The minimum Gasteiger partial charge on any atom is -0.322 e. The van der Waals surface area contributed by atoms with Crippen molar-refractivity contribution in [2.75, 3.05) is 0 Å². The van der Waals surface area contributed by atoms with Crippen molar-refractivity contribution in [3.63, 3.8) is 0 Å². The molecule has 19 heavy (non-hydrogen) atoms. The summed E-state index contributed by atoms with van der Waals surface area (Å²) in [7, 11) is 0. The molecule has 0 saturated carbocycles. The third kappa shape index (κ3) is 2.96. The Morgan fingerprint density at radius 1 is 1.11 bits per heavy atom. The summed E-state index contributed by atoms with van der Waals surface area (Å²) in [5.41, 5.74) is -2.51. The molecule has 0 radical (unpaired) electrons. The summed E-state index contributed by atoms with van der Waals surface area (Å²) in [6.45, 7) is 0. The molecule has 2 rings (SSSR count). The minimum absolute atomic E-state index is 0.107. The van der Waals surface area contributed by atoms with Crippen LogP contribution < -0.4 is 5.56 Å². The summed E-state index contributed by atoms with van der Waals surface area (Å²) in [5.74, 6) is -0.817. The lowest BCUT2D eigenvalue weighted by molar-refractivity contribution is -0.137. The summed E-state index contributed by atoms with van der Waals surface area (Å²) >= 11 is 5.55. The van der Waals surface area contributed by atoms with Crippen LogP contribution in [-0.4, -0.2) is 4.98 Å². The number of halogens is 5. The van der Waals surface area contributed by atoms with Gasteiger partial charge in [0.1, 0.15) is 5.82 Å². The number of pyridine rings is 1. The molecule has 1 aromatic carbocycles. The van der Waals surface area contributed by atoms with Gasteiger partial charge in [0.2, 0.25) is 5.56 Å². The molecule has 0 aliphatic rings. The summed E-state index contributed by atoms with van der Waals surface area (Å²) in [6, 6.07) is 4.56. The van der Waals surface area contributed by atoms with Crippen molar-refractivity contribution in [2.45, 2.75) is 6.18 Å². The molecule has 1 aromatic heterocycles. The van der Waals surface area contributed by atoms with Crippen LogP contribution in [-0.2, 0) is 6.18 Å². The van der Waals surface area contributed by atoms with Crippen molar-refractivity contribution in [1.29, 1.82) is 0 Å². The monoisotopic (exact) mass is 291 g/mol. The molecule has 2 nitrogen and oxygen atoms in total. The molecular formula is C12H6ClF4NO. The SMILES string of the molecule is O=c1cc(C(F)(F)F)cc(-c2ccc(Cl)cc2F)[nH]1. The van der Waals surface area contributed by atoms with E-state index in [1.54, 1.807) is 0 Å². The van der Waals surface area contributed by atoms with Crippen molar-refractivity contribution < 1.29 is 17.6 Å². The molecule has 0 aliphatic carbocycles. The Bertz CT molecular complexity index is 678. The topological polar surface area (TPSA) is 32.9 Å². The quantitative estimate of drug-likeness (QED) is 0.795. The van der Waals surface area contributed by atoms with Crippen molar-refractivity contribution in [2.24, 2.45) is 0 Å². The predicted molar refractivity (Wildman–Crippen MR) is 62.5 cm³/mol. The number of hydrogen-bond acceptors (Lipinski definition) is 1. The first-order valence-electron chi connectivity index (χ1n) is 5.04. The molecule has 0 spiro atoms. The first-order valence-corrected chi connectivity index (χ1v) is 5.42. The number of H-pyrrole nitrogens is 1. The maximum Gasteiger partial charge on any atom is 0.416 e. The maximum atomic E-state index is 13.6. The molecule has 2 aromatic rings. The van der Waals surface area contributed by atoms with E-state index in [1.165, 1.54) is 12.1 Å². The summed E-state index contributed by atoms with van der Waals surface area (Å²) < 4.78 is 51.3. The Morgan fingerprint density at radius 2 is 1.79 bits per heavy atom. The van der Waals surface area contributed by atoms with Gasteiger partial charge in [0.15, 0.2) is 0 Å². The predicted octanol–water partition coefficient (Wildman–Crippen LogP) is 3.85. The summed E-state index contributed by atoms with van der Waals surface area (Å²) in [4.78, 5) is 13.4. The van der Waals surface area contributed by atoms with Crippen molar-refractivity contribution in [3.05, 3.63) is 57.1 Å². The molecule has 1 heterocycles. The zero-order valence-electron chi connectivity index (χ0n) is 9.18. The van der Waals surface area contributed by atoms with Gasteiger partial charge in [0, 0.05) is 16.7 Å². The second kappa shape index (κ2) is 4.70. The number of rotatable bonds is 1. The van der Waals surface area contributed by atoms with Gasteiger partial charge < -0.3 is 4.98 Å². The summed E-state index contributed by atoms with van der Waals surface area (Å²) in [6.07, 6.45) is -4.67. The van der Waals surface area contributed by atoms with Gasteiger partial charge in [-0.1, -0.05) is 11.6 Å². The van der Waals surface area contributed by atoms with E-state index in [2.05, 4.69) is 4.98 Å². The van der Waals surface area contributed by atoms with Crippen LogP contribution in [0.3, 0.4) is 0 Å². The zero-order chi connectivity index (χ0) is 14.2. The van der Waals surface area contributed by atoms with Gasteiger partial charge in [0.25, 0.3) is 0 Å². The van der Waals surface area contributed by atoms with Gasteiger partial charge >= 0.3 is 6.18 Å². The molecule has 0 fully saturated rings. The Labute approximate surface area is 109 Å². The van der Waals surface area contributed by atoms with E-state index >= 15 is 0 Å². The van der Waals surface area contributed by atoms with Gasteiger partial charge in [-0.05, 0) is 24.3 Å². The van der Waals surface area contributed by atoms with E-state index in [9.17, 15) is 22.4 Å². The maximum absolute atomic E-state index is 13.6. The second-order valence-electron chi connectivity index (χ2n) is 3.77. The van der Waals surface area contributed by atoms with Crippen LogP contribution in [0.5, 0.6) is 0 Å². The molecule has 100 valence electrons. The minimum atomic E-state index is -4.67. The average Bonchev–Trinajstić information content (AvgIpc) is 2.26. The van der Waals surface area contributed by atoms with Crippen molar-refractivity contribution >= 4 is 11.6 Å². The fraction of sp³-hybridized carbons (Fsp3) is 0.0833. The van der Waals surface area contributed by atoms with Gasteiger partial charge in [-0.2, -0.15) is 13.2 Å². The standard InChI is InChI=1S/C12H6ClF4NO/c13-7-1-2-8(9(14)5-7)10-3-6(12(15,16)17)4-11(19)18-10/h1-5H,(H,18,19).